The number of carbonyl (C=O) groups is 2. The van der Waals surface area contributed by atoms with Gasteiger partial charge in [-0.05, 0) is 39.2 Å². The molecule has 0 radical (unpaired) electrons. The van der Waals surface area contributed by atoms with Crippen molar-refractivity contribution in [1.29, 1.82) is 0 Å². The Hall–Kier alpha value is -2.04. The van der Waals surface area contributed by atoms with Gasteiger partial charge in [0.25, 0.3) is 0 Å². The SMILES string of the molecule is CC(C)(C)OC(=O)N[C@@H](Cc1ccccc1)[C@H]1CCC(=O)O1. The summed E-state index contributed by atoms with van der Waals surface area (Å²) in [7, 11) is 0. The van der Waals surface area contributed by atoms with E-state index in [1.54, 1.807) is 0 Å². The Morgan fingerprint density at radius 2 is 2.05 bits per heavy atom. The molecule has 0 aromatic heterocycles. The molecule has 0 unspecified atom stereocenters. The minimum absolute atomic E-state index is 0.214. The Morgan fingerprint density at radius 3 is 2.59 bits per heavy atom. The Labute approximate surface area is 131 Å². The zero-order chi connectivity index (χ0) is 16.2. The van der Waals surface area contributed by atoms with Gasteiger partial charge < -0.3 is 14.8 Å². The Bertz CT molecular complexity index is 521. The van der Waals surface area contributed by atoms with Crippen molar-refractivity contribution in [3.8, 4) is 0 Å². The molecule has 0 aliphatic carbocycles. The average Bonchev–Trinajstić information content (AvgIpc) is 2.84. The second-order valence-electron chi connectivity index (χ2n) is 6.51. The summed E-state index contributed by atoms with van der Waals surface area (Å²) >= 11 is 0. The van der Waals surface area contributed by atoms with Gasteiger partial charge >= 0.3 is 12.1 Å². The van der Waals surface area contributed by atoms with Gasteiger partial charge in [-0.15, -0.1) is 0 Å². The fourth-order valence-electron chi connectivity index (χ4n) is 2.43. The smallest absolute Gasteiger partial charge is 0.408 e. The second kappa shape index (κ2) is 6.81. The number of hydrogen-bond acceptors (Lipinski definition) is 4. The Kier molecular flexibility index (Phi) is 5.06. The topological polar surface area (TPSA) is 64.6 Å². The zero-order valence-corrected chi connectivity index (χ0v) is 13.3. The van der Waals surface area contributed by atoms with Crippen LogP contribution in [-0.2, 0) is 20.7 Å². The Morgan fingerprint density at radius 1 is 1.36 bits per heavy atom. The maximum Gasteiger partial charge on any atom is 0.408 e. The van der Waals surface area contributed by atoms with Gasteiger partial charge in [0.05, 0.1) is 6.04 Å². The largest absolute Gasteiger partial charge is 0.460 e. The highest BCUT2D eigenvalue weighted by Crippen LogP contribution is 2.20. The summed E-state index contributed by atoms with van der Waals surface area (Å²) in [6.45, 7) is 5.44. The van der Waals surface area contributed by atoms with Crippen LogP contribution in [0.25, 0.3) is 0 Å². The van der Waals surface area contributed by atoms with Crippen LogP contribution in [0.1, 0.15) is 39.2 Å². The van der Waals surface area contributed by atoms with E-state index in [-0.39, 0.29) is 18.1 Å². The summed E-state index contributed by atoms with van der Waals surface area (Å²) in [6.07, 6.45) is 0.812. The van der Waals surface area contributed by atoms with Crippen LogP contribution >= 0.6 is 0 Å². The zero-order valence-electron chi connectivity index (χ0n) is 13.3. The molecule has 1 heterocycles. The van der Waals surface area contributed by atoms with E-state index < -0.39 is 11.7 Å². The molecule has 2 atom stereocenters. The van der Waals surface area contributed by atoms with E-state index in [0.717, 1.165) is 5.56 Å². The van der Waals surface area contributed by atoms with Gasteiger partial charge in [0, 0.05) is 6.42 Å². The minimum atomic E-state index is -0.562. The summed E-state index contributed by atoms with van der Waals surface area (Å²) in [5, 5.41) is 2.85. The normalized spacial score (nSPS) is 19.4. The summed E-state index contributed by atoms with van der Waals surface area (Å²) in [5.41, 5.74) is 0.514. The standard InChI is InChI=1S/C17H23NO4/c1-17(2,3)22-16(20)18-13(14-9-10-15(19)21-14)11-12-7-5-4-6-8-12/h4-8,13-14H,9-11H2,1-3H3,(H,18,20)/t13-,14+/m0/s1. The molecule has 120 valence electrons. The fraction of sp³-hybridized carbons (Fsp3) is 0.529. The molecule has 0 saturated carbocycles. The van der Waals surface area contributed by atoms with Gasteiger partial charge in [-0.3, -0.25) is 4.79 Å². The van der Waals surface area contributed by atoms with E-state index in [1.807, 2.05) is 51.1 Å². The van der Waals surface area contributed by atoms with Crippen LogP contribution in [0.2, 0.25) is 0 Å². The fourth-order valence-corrected chi connectivity index (χ4v) is 2.43. The number of amides is 1. The monoisotopic (exact) mass is 305 g/mol. The van der Waals surface area contributed by atoms with Gasteiger partial charge in [-0.2, -0.15) is 0 Å². The van der Waals surface area contributed by atoms with E-state index in [9.17, 15) is 9.59 Å². The molecule has 1 aromatic carbocycles. The molecule has 5 heteroatoms. The lowest BCUT2D eigenvalue weighted by Gasteiger charge is -2.26. The molecule has 22 heavy (non-hydrogen) atoms. The third-order valence-corrected chi connectivity index (χ3v) is 3.37. The number of carbonyl (C=O) groups excluding carboxylic acids is 2. The molecule has 2 rings (SSSR count). The van der Waals surface area contributed by atoms with Crippen molar-refractivity contribution < 1.29 is 19.1 Å². The first kappa shape index (κ1) is 16.3. The van der Waals surface area contributed by atoms with Crippen molar-refractivity contribution in [2.45, 2.75) is 57.8 Å². The lowest BCUT2D eigenvalue weighted by atomic mass is 9.99. The van der Waals surface area contributed by atoms with Crippen LogP contribution in [0.15, 0.2) is 30.3 Å². The average molecular weight is 305 g/mol. The lowest BCUT2D eigenvalue weighted by molar-refractivity contribution is -0.142. The number of cyclic esters (lactones) is 1. The third kappa shape index (κ3) is 5.06. The van der Waals surface area contributed by atoms with Crippen molar-refractivity contribution in [2.24, 2.45) is 0 Å². The summed E-state index contributed by atoms with van der Waals surface area (Å²) in [5.74, 6) is -0.214. The van der Waals surface area contributed by atoms with E-state index >= 15 is 0 Å². The molecule has 5 nitrogen and oxygen atoms in total. The summed E-state index contributed by atoms with van der Waals surface area (Å²) in [6, 6.07) is 9.51. The number of benzene rings is 1. The van der Waals surface area contributed by atoms with Crippen molar-refractivity contribution in [3.63, 3.8) is 0 Å². The van der Waals surface area contributed by atoms with E-state index in [0.29, 0.717) is 19.3 Å². The highest BCUT2D eigenvalue weighted by molar-refractivity contribution is 5.72. The minimum Gasteiger partial charge on any atom is -0.460 e. The number of esters is 1. The molecule has 1 amide bonds. The van der Waals surface area contributed by atoms with Crippen LogP contribution in [0.5, 0.6) is 0 Å². The number of nitrogens with one attached hydrogen (secondary N) is 1. The van der Waals surface area contributed by atoms with Gasteiger partial charge in [0.1, 0.15) is 11.7 Å². The number of hydrogen-bond donors (Lipinski definition) is 1. The molecule has 1 aromatic rings. The van der Waals surface area contributed by atoms with Crippen molar-refractivity contribution in [2.75, 3.05) is 0 Å². The van der Waals surface area contributed by atoms with Crippen LogP contribution in [-0.4, -0.2) is 29.8 Å². The maximum atomic E-state index is 12.0. The van der Waals surface area contributed by atoms with Gasteiger partial charge in [-0.25, -0.2) is 4.79 Å². The van der Waals surface area contributed by atoms with Crippen LogP contribution in [0.3, 0.4) is 0 Å². The molecule has 1 aliphatic heterocycles. The van der Waals surface area contributed by atoms with Crippen LogP contribution in [0, 0.1) is 0 Å². The predicted octanol–water partition coefficient (Wildman–Crippen LogP) is 2.83. The molecule has 1 N–H and O–H groups in total. The number of alkyl carbamates (subject to hydrolysis) is 1. The molecule has 1 fully saturated rings. The maximum absolute atomic E-state index is 12.0. The third-order valence-electron chi connectivity index (χ3n) is 3.37. The second-order valence-corrected chi connectivity index (χ2v) is 6.51. The highest BCUT2D eigenvalue weighted by Gasteiger charge is 2.33. The van der Waals surface area contributed by atoms with Gasteiger partial charge in [-0.1, -0.05) is 30.3 Å². The molecular formula is C17H23NO4. The number of ether oxygens (including phenoxy) is 2. The van der Waals surface area contributed by atoms with Gasteiger partial charge in [0.15, 0.2) is 0 Å². The first-order valence-electron chi connectivity index (χ1n) is 7.56. The van der Waals surface area contributed by atoms with Crippen molar-refractivity contribution >= 4 is 12.1 Å². The first-order valence-corrected chi connectivity index (χ1v) is 7.56. The highest BCUT2D eigenvalue weighted by atomic mass is 16.6. The Balaban J connectivity index is 2.04. The quantitative estimate of drug-likeness (QED) is 0.869. The van der Waals surface area contributed by atoms with E-state index in [1.165, 1.54) is 0 Å². The predicted molar refractivity (Wildman–Crippen MR) is 82.4 cm³/mol. The van der Waals surface area contributed by atoms with E-state index in [2.05, 4.69) is 5.32 Å². The molecule has 1 saturated heterocycles. The van der Waals surface area contributed by atoms with Crippen molar-refractivity contribution in [1.82, 2.24) is 5.32 Å². The molecule has 0 bridgehead atoms. The molecular weight excluding hydrogens is 282 g/mol. The van der Waals surface area contributed by atoms with Crippen molar-refractivity contribution in [3.05, 3.63) is 35.9 Å². The van der Waals surface area contributed by atoms with Crippen LogP contribution in [0.4, 0.5) is 4.79 Å². The lowest BCUT2D eigenvalue weighted by Crippen LogP contribution is -2.46. The van der Waals surface area contributed by atoms with E-state index in [4.69, 9.17) is 9.47 Å². The summed E-state index contributed by atoms with van der Waals surface area (Å²) in [4.78, 5) is 23.4. The molecule has 0 spiro atoms. The number of rotatable bonds is 4. The van der Waals surface area contributed by atoms with Gasteiger partial charge in [0.2, 0.25) is 0 Å². The first-order chi connectivity index (χ1) is 10.3. The van der Waals surface area contributed by atoms with Crippen LogP contribution < -0.4 is 5.32 Å². The summed E-state index contributed by atoms with van der Waals surface area (Å²) < 4.78 is 10.6. The molecule has 1 aliphatic rings.